The summed E-state index contributed by atoms with van der Waals surface area (Å²) in [6, 6.07) is 11.5. The second kappa shape index (κ2) is 6.23. The number of nitrogens with one attached hydrogen (secondary N) is 1. The molecule has 0 unspecified atom stereocenters. The highest BCUT2D eigenvalue weighted by atomic mass is 16.5. The number of rotatable bonds is 6. The van der Waals surface area contributed by atoms with E-state index in [2.05, 4.69) is 5.32 Å². The Morgan fingerprint density at radius 3 is 2.72 bits per heavy atom. The van der Waals surface area contributed by atoms with Crippen molar-refractivity contribution in [1.82, 2.24) is 0 Å². The molecule has 0 bridgehead atoms. The summed E-state index contributed by atoms with van der Waals surface area (Å²) in [7, 11) is 1.64. The minimum absolute atomic E-state index is 0.0241. The van der Waals surface area contributed by atoms with Crippen LogP contribution in [-0.2, 0) is 24.5 Å². The quantitative estimate of drug-likeness (QED) is 0.823. The number of ether oxygens (including phenoxy) is 1. The molecular formula is C14H17NO3. The average Bonchev–Trinajstić information content (AvgIpc) is 2.85. The van der Waals surface area contributed by atoms with Crippen molar-refractivity contribution in [3.8, 4) is 0 Å². The first-order valence-corrected chi connectivity index (χ1v) is 5.82. The van der Waals surface area contributed by atoms with Crippen LogP contribution in [0.25, 0.3) is 0 Å². The molecule has 0 aliphatic rings. The molecule has 0 atom stereocenters. The lowest BCUT2D eigenvalue weighted by molar-refractivity contribution is 0.163. The second-order valence-corrected chi connectivity index (χ2v) is 3.97. The van der Waals surface area contributed by atoms with E-state index in [9.17, 15) is 5.11 Å². The first kappa shape index (κ1) is 12.7. The number of aliphatic hydroxyl groups excluding tert-OH is 1. The highest BCUT2D eigenvalue weighted by Crippen LogP contribution is 2.17. The molecule has 1 aromatic carbocycles. The van der Waals surface area contributed by atoms with Gasteiger partial charge in [0.2, 0.25) is 0 Å². The topological polar surface area (TPSA) is 54.6 Å². The van der Waals surface area contributed by atoms with E-state index in [0.717, 1.165) is 22.8 Å². The maximum Gasteiger partial charge on any atom is 0.129 e. The molecule has 0 aliphatic carbocycles. The highest BCUT2D eigenvalue weighted by molar-refractivity contribution is 5.50. The molecule has 0 saturated heterocycles. The molecule has 0 amide bonds. The molecule has 2 rings (SSSR count). The molecule has 4 heteroatoms. The predicted molar refractivity (Wildman–Crippen MR) is 69.1 cm³/mol. The van der Waals surface area contributed by atoms with Crippen molar-refractivity contribution >= 4 is 5.69 Å². The summed E-state index contributed by atoms with van der Waals surface area (Å²) in [5.74, 6) is 1.65. The van der Waals surface area contributed by atoms with Crippen LogP contribution in [-0.4, -0.2) is 12.2 Å². The van der Waals surface area contributed by atoms with Crippen LogP contribution in [0.15, 0.2) is 40.8 Å². The standard InChI is InChI=1S/C14H17NO3/c1-17-10-13-7-6-12(18-13)8-15-14-5-3-2-4-11(14)9-16/h2-7,15-16H,8-10H2,1H3. The van der Waals surface area contributed by atoms with Gasteiger partial charge in [0.25, 0.3) is 0 Å². The van der Waals surface area contributed by atoms with Gasteiger partial charge in [-0.2, -0.15) is 0 Å². The monoisotopic (exact) mass is 247 g/mol. The van der Waals surface area contributed by atoms with Crippen molar-refractivity contribution in [2.24, 2.45) is 0 Å². The summed E-state index contributed by atoms with van der Waals surface area (Å²) in [5, 5.41) is 12.5. The Morgan fingerprint density at radius 1 is 1.17 bits per heavy atom. The van der Waals surface area contributed by atoms with Gasteiger partial charge < -0.3 is 19.6 Å². The number of aliphatic hydroxyl groups is 1. The van der Waals surface area contributed by atoms with Crippen molar-refractivity contribution in [2.45, 2.75) is 19.8 Å². The van der Waals surface area contributed by atoms with Crippen LogP contribution in [0, 0.1) is 0 Å². The normalized spacial score (nSPS) is 10.6. The van der Waals surface area contributed by atoms with E-state index in [0.29, 0.717) is 13.2 Å². The van der Waals surface area contributed by atoms with Gasteiger partial charge in [0.1, 0.15) is 18.1 Å². The molecule has 0 aliphatic heterocycles. The first-order chi connectivity index (χ1) is 8.83. The third-order valence-electron chi connectivity index (χ3n) is 2.64. The van der Waals surface area contributed by atoms with Crippen LogP contribution in [0.4, 0.5) is 5.69 Å². The Kier molecular flexibility index (Phi) is 4.39. The van der Waals surface area contributed by atoms with E-state index in [4.69, 9.17) is 9.15 Å². The van der Waals surface area contributed by atoms with E-state index in [1.54, 1.807) is 7.11 Å². The fourth-order valence-corrected chi connectivity index (χ4v) is 1.75. The van der Waals surface area contributed by atoms with Gasteiger partial charge in [-0.15, -0.1) is 0 Å². The minimum Gasteiger partial charge on any atom is -0.462 e. The second-order valence-electron chi connectivity index (χ2n) is 3.97. The van der Waals surface area contributed by atoms with Crippen LogP contribution in [0.5, 0.6) is 0 Å². The average molecular weight is 247 g/mol. The lowest BCUT2D eigenvalue weighted by Gasteiger charge is -2.08. The Labute approximate surface area is 106 Å². The minimum atomic E-state index is 0.0241. The molecule has 0 radical (unpaired) electrons. The van der Waals surface area contributed by atoms with Gasteiger partial charge in [-0.3, -0.25) is 0 Å². The van der Waals surface area contributed by atoms with E-state index >= 15 is 0 Å². The van der Waals surface area contributed by atoms with E-state index < -0.39 is 0 Å². The van der Waals surface area contributed by atoms with Gasteiger partial charge in [0.15, 0.2) is 0 Å². The summed E-state index contributed by atoms with van der Waals surface area (Å²) in [5.41, 5.74) is 1.80. The number of furan rings is 1. The molecule has 4 nitrogen and oxygen atoms in total. The number of methoxy groups -OCH3 is 1. The third kappa shape index (κ3) is 3.12. The fourth-order valence-electron chi connectivity index (χ4n) is 1.75. The van der Waals surface area contributed by atoms with Gasteiger partial charge in [-0.1, -0.05) is 18.2 Å². The highest BCUT2D eigenvalue weighted by Gasteiger charge is 2.03. The van der Waals surface area contributed by atoms with Crippen LogP contribution in [0.2, 0.25) is 0 Å². The molecule has 2 N–H and O–H groups in total. The summed E-state index contributed by atoms with van der Waals surface area (Å²) >= 11 is 0. The molecule has 0 spiro atoms. The first-order valence-electron chi connectivity index (χ1n) is 5.82. The molecule has 1 heterocycles. The smallest absolute Gasteiger partial charge is 0.129 e. The Bertz CT molecular complexity index is 493. The summed E-state index contributed by atoms with van der Waals surface area (Å²) in [6.07, 6.45) is 0. The van der Waals surface area contributed by atoms with Gasteiger partial charge in [0.05, 0.1) is 13.2 Å². The number of para-hydroxylation sites is 1. The SMILES string of the molecule is COCc1ccc(CNc2ccccc2CO)o1. The molecule has 0 fully saturated rings. The number of anilines is 1. The van der Waals surface area contributed by atoms with Crippen molar-refractivity contribution in [2.75, 3.05) is 12.4 Å². The number of benzene rings is 1. The number of hydrogen-bond donors (Lipinski definition) is 2. The zero-order valence-electron chi connectivity index (χ0n) is 10.3. The van der Waals surface area contributed by atoms with Gasteiger partial charge in [0, 0.05) is 18.4 Å². The zero-order chi connectivity index (χ0) is 12.8. The largest absolute Gasteiger partial charge is 0.462 e. The summed E-state index contributed by atoms with van der Waals surface area (Å²) in [4.78, 5) is 0. The Balaban J connectivity index is 1.97. The van der Waals surface area contributed by atoms with Crippen LogP contribution >= 0.6 is 0 Å². The van der Waals surface area contributed by atoms with E-state index in [1.807, 2.05) is 36.4 Å². The summed E-state index contributed by atoms with van der Waals surface area (Å²) in [6.45, 7) is 1.09. The van der Waals surface area contributed by atoms with Crippen molar-refractivity contribution in [1.29, 1.82) is 0 Å². The fraction of sp³-hybridized carbons (Fsp3) is 0.286. The lowest BCUT2D eigenvalue weighted by Crippen LogP contribution is -2.01. The van der Waals surface area contributed by atoms with Gasteiger partial charge in [-0.05, 0) is 18.2 Å². The van der Waals surface area contributed by atoms with Gasteiger partial charge >= 0.3 is 0 Å². The lowest BCUT2D eigenvalue weighted by atomic mass is 10.2. The molecule has 18 heavy (non-hydrogen) atoms. The van der Waals surface area contributed by atoms with Crippen molar-refractivity contribution in [3.05, 3.63) is 53.5 Å². The molecular weight excluding hydrogens is 230 g/mol. The zero-order valence-corrected chi connectivity index (χ0v) is 10.3. The van der Waals surface area contributed by atoms with Crippen molar-refractivity contribution < 1.29 is 14.3 Å². The molecule has 0 saturated carbocycles. The van der Waals surface area contributed by atoms with Crippen LogP contribution in [0.1, 0.15) is 17.1 Å². The van der Waals surface area contributed by atoms with Crippen molar-refractivity contribution in [3.63, 3.8) is 0 Å². The molecule has 96 valence electrons. The van der Waals surface area contributed by atoms with E-state index in [1.165, 1.54) is 0 Å². The van der Waals surface area contributed by atoms with E-state index in [-0.39, 0.29) is 6.61 Å². The number of hydrogen-bond acceptors (Lipinski definition) is 4. The summed E-state index contributed by atoms with van der Waals surface area (Å²) < 4.78 is 10.6. The molecule has 1 aromatic heterocycles. The maximum atomic E-state index is 9.21. The van der Waals surface area contributed by atoms with Gasteiger partial charge in [-0.25, -0.2) is 0 Å². The predicted octanol–water partition coefficient (Wildman–Crippen LogP) is 2.53. The van der Waals surface area contributed by atoms with Crippen LogP contribution in [0.3, 0.4) is 0 Å². The Morgan fingerprint density at radius 2 is 1.94 bits per heavy atom. The third-order valence-corrected chi connectivity index (χ3v) is 2.64. The molecule has 2 aromatic rings. The van der Waals surface area contributed by atoms with Crippen LogP contribution < -0.4 is 5.32 Å². The maximum absolute atomic E-state index is 9.21. The Hall–Kier alpha value is -1.78.